The third-order valence-corrected chi connectivity index (χ3v) is 2.60. The Morgan fingerprint density at radius 2 is 2.20 bits per heavy atom. The SMILES string of the molecule is CCN/C=C1\C(=N)C(C)N(C(C)C)C1=O. The van der Waals surface area contributed by atoms with Crippen LogP contribution in [0.25, 0.3) is 0 Å². The van der Waals surface area contributed by atoms with Crippen molar-refractivity contribution >= 4 is 11.6 Å². The van der Waals surface area contributed by atoms with Crippen LogP contribution in [0.4, 0.5) is 0 Å². The molecule has 0 radical (unpaired) electrons. The van der Waals surface area contributed by atoms with Crippen LogP contribution in [-0.4, -0.2) is 35.1 Å². The van der Waals surface area contributed by atoms with E-state index in [4.69, 9.17) is 5.41 Å². The van der Waals surface area contributed by atoms with Gasteiger partial charge in [-0.05, 0) is 27.7 Å². The number of hydrogen-bond acceptors (Lipinski definition) is 3. The van der Waals surface area contributed by atoms with E-state index in [-0.39, 0.29) is 18.0 Å². The normalized spacial score (nSPS) is 24.5. The van der Waals surface area contributed by atoms with Gasteiger partial charge in [0.05, 0.1) is 17.3 Å². The number of nitrogens with one attached hydrogen (secondary N) is 2. The zero-order valence-corrected chi connectivity index (χ0v) is 9.79. The fraction of sp³-hybridized carbons (Fsp3) is 0.636. The van der Waals surface area contributed by atoms with Gasteiger partial charge in [0.15, 0.2) is 0 Å². The Balaban J connectivity index is 2.95. The maximum absolute atomic E-state index is 12.0. The minimum absolute atomic E-state index is 0.0385. The Morgan fingerprint density at radius 1 is 1.60 bits per heavy atom. The third-order valence-electron chi connectivity index (χ3n) is 2.60. The van der Waals surface area contributed by atoms with Gasteiger partial charge in [-0.3, -0.25) is 4.79 Å². The van der Waals surface area contributed by atoms with Crippen LogP contribution in [0.2, 0.25) is 0 Å². The molecular formula is C11H19N3O. The van der Waals surface area contributed by atoms with E-state index in [1.165, 1.54) is 0 Å². The van der Waals surface area contributed by atoms with E-state index < -0.39 is 0 Å². The van der Waals surface area contributed by atoms with Crippen molar-refractivity contribution in [3.8, 4) is 0 Å². The number of hydrogen-bond donors (Lipinski definition) is 2. The van der Waals surface area contributed by atoms with Crippen molar-refractivity contribution in [1.82, 2.24) is 10.2 Å². The second kappa shape index (κ2) is 4.47. The minimum atomic E-state index is -0.109. The Kier molecular flexibility index (Phi) is 3.50. The predicted molar refractivity (Wildman–Crippen MR) is 60.9 cm³/mol. The van der Waals surface area contributed by atoms with Gasteiger partial charge in [0.25, 0.3) is 5.91 Å². The monoisotopic (exact) mass is 209 g/mol. The maximum atomic E-state index is 12.0. The second-order valence-electron chi connectivity index (χ2n) is 4.01. The van der Waals surface area contributed by atoms with Crippen molar-refractivity contribution in [3.63, 3.8) is 0 Å². The van der Waals surface area contributed by atoms with Crippen LogP contribution < -0.4 is 5.32 Å². The summed E-state index contributed by atoms with van der Waals surface area (Å²) in [5, 5.41) is 10.9. The summed E-state index contributed by atoms with van der Waals surface area (Å²) in [4.78, 5) is 13.7. The quantitative estimate of drug-likeness (QED) is 0.685. The molecule has 4 nitrogen and oxygen atoms in total. The lowest BCUT2D eigenvalue weighted by atomic mass is 10.1. The van der Waals surface area contributed by atoms with E-state index in [0.29, 0.717) is 11.3 Å². The van der Waals surface area contributed by atoms with Crippen molar-refractivity contribution in [3.05, 3.63) is 11.8 Å². The van der Waals surface area contributed by atoms with E-state index in [9.17, 15) is 4.79 Å². The van der Waals surface area contributed by atoms with Crippen molar-refractivity contribution in [2.75, 3.05) is 6.54 Å². The van der Waals surface area contributed by atoms with Gasteiger partial charge in [0, 0.05) is 18.8 Å². The molecule has 1 atom stereocenters. The third kappa shape index (κ3) is 2.03. The van der Waals surface area contributed by atoms with Crippen LogP contribution in [0.3, 0.4) is 0 Å². The number of rotatable bonds is 3. The Labute approximate surface area is 90.8 Å². The van der Waals surface area contributed by atoms with Crippen LogP contribution >= 0.6 is 0 Å². The van der Waals surface area contributed by atoms with Crippen molar-refractivity contribution in [2.24, 2.45) is 0 Å². The standard InChI is InChI=1S/C11H19N3O/c1-5-13-6-9-10(12)8(4)14(7(2)3)11(9)15/h6-8,12-13H,5H2,1-4H3/b9-6+,12-10?. The molecule has 1 aliphatic rings. The molecule has 0 bridgehead atoms. The summed E-state index contributed by atoms with van der Waals surface area (Å²) in [7, 11) is 0. The molecule has 15 heavy (non-hydrogen) atoms. The fourth-order valence-corrected chi connectivity index (χ4v) is 1.82. The first-order valence-electron chi connectivity index (χ1n) is 5.35. The van der Waals surface area contributed by atoms with E-state index in [2.05, 4.69) is 5.32 Å². The first-order valence-corrected chi connectivity index (χ1v) is 5.35. The van der Waals surface area contributed by atoms with E-state index in [1.54, 1.807) is 11.1 Å². The first kappa shape index (κ1) is 11.8. The van der Waals surface area contributed by atoms with E-state index in [0.717, 1.165) is 6.54 Å². The second-order valence-corrected chi connectivity index (χ2v) is 4.01. The van der Waals surface area contributed by atoms with Gasteiger partial charge < -0.3 is 15.6 Å². The lowest BCUT2D eigenvalue weighted by Crippen LogP contribution is -2.38. The van der Waals surface area contributed by atoms with Crippen LogP contribution in [0.5, 0.6) is 0 Å². The predicted octanol–water partition coefficient (Wildman–Crippen LogP) is 1.14. The largest absolute Gasteiger partial charge is 0.390 e. The highest BCUT2D eigenvalue weighted by Gasteiger charge is 2.38. The molecule has 1 fully saturated rings. The molecule has 84 valence electrons. The number of amides is 1. The number of carbonyl (C=O) groups is 1. The van der Waals surface area contributed by atoms with Crippen LogP contribution in [-0.2, 0) is 4.79 Å². The lowest BCUT2D eigenvalue weighted by Gasteiger charge is -2.24. The Bertz CT molecular complexity index is 307. The van der Waals surface area contributed by atoms with Gasteiger partial charge in [0.2, 0.25) is 0 Å². The molecule has 0 spiro atoms. The Hall–Kier alpha value is -1.32. The van der Waals surface area contributed by atoms with E-state index >= 15 is 0 Å². The first-order chi connectivity index (χ1) is 7.00. The highest BCUT2D eigenvalue weighted by Crippen LogP contribution is 2.22. The van der Waals surface area contributed by atoms with Gasteiger partial charge in [0.1, 0.15) is 0 Å². The lowest BCUT2D eigenvalue weighted by molar-refractivity contribution is -0.127. The van der Waals surface area contributed by atoms with Crippen molar-refractivity contribution in [2.45, 2.75) is 39.8 Å². The average Bonchev–Trinajstić information content (AvgIpc) is 2.37. The smallest absolute Gasteiger partial charge is 0.258 e. The summed E-state index contributed by atoms with van der Waals surface area (Å²) in [6.45, 7) is 8.56. The van der Waals surface area contributed by atoms with Gasteiger partial charge in [-0.1, -0.05) is 0 Å². The molecule has 0 aromatic carbocycles. The summed E-state index contributed by atoms with van der Waals surface area (Å²) in [5.74, 6) is -0.0385. The summed E-state index contributed by atoms with van der Waals surface area (Å²) < 4.78 is 0. The fourth-order valence-electron chi connectivity index (χ4n) is 1.82. The minimum Gasteiger partial charge on any atom is -0.390 e. The molecule has 4 heteroatoms. The molecule has 0 saturated carbocycles. The summed E-state index contributed by atoms with van der Waals surface area (Å²) in [6, 6.07) is 0.0304. The van der Waals surface area contributed by atoms with Gasteiger partial charge in [-0.25, -0.2) is 0 Å². The molecule has 1 rings (SSSR count). The van der Waals surface area contributed by atoms with Crippen LogP contribution in [0.15, 0.2) is 11.8 Å². The maximum Gasteiger partial charge on any atom is 0.258 e. The number of nitrogens with zero attached hydrogens (tertiary/aromatic N) is 1. The molecule has 1 amide bonds. The van der Waals surface area contributed by atoms with Crippen molar-refractivity contribution in [1.29, 1.82) is 5.41 Å². The molecule has 1 aliphatic heterocycles. The molecule has 0 aromatic heterocycles. The molecule has 2 N–H and O–H groups in total. The van der Waals surface area contributed by atoms with Crippen molar-refractivity contribution < 1.29 is 4.79 Å². The summed E-state index contributed by atoms with van der Waals surface area (Å²) in [6.07, 6.45) is 1.66. The number of carbonyl (C=O) groups excluding carboxylic acids is 1. The van der Waals surface area contributed by atoms with Crippen LogP contribution in [0, 0.1) is 5.41 Å². The molecule has 1 heterocycles. The topological polar surface area (TPSA) is 56.2 Å². The molecule has 1 unspecified atom stereocenters. The summed E-state index contributed by atoms with van der Waals surface area (Å²) in [5.41, 5.74) is 0.910. The zero-order chi connectivity index (χ0) is 11.6. The summed E-state index contributed by atoms with van der Waals surface area (Å²) >= 11 is 0. The highest BCUT2D eigenvalue weighted by molar-refractivity contribution is 6.27. The number of likely N-dealkylation sites (tertiary alicyclic amines) is 1. The zero-order valence-electron chi connectivity index (χ0n) is 9.79. The molecule has 1 saturated heterocycles. The Morgan fingerprint density at radius 3 is 2.60 bits per heavy atom. The molecular weight excluding hydrogens is 190 g/mol. The molecule has 0 aromatic rings. The molecule has 0 aliphatic carbocycles. The highest BCUT2D eigenvalue weighted by atomic mass is 16.2. The average molecular weight is 209 g/mol. The van der Waals surface area contributed by atoms with Gasteiger partial charge >= 0.3 is 0 Å². The van der Waals surface area contributed by atoms with Crippen LogP contribution in [0.1, 0.15) is 27.7 Å². The van der Waals surface area contributed by atoms with Gasteiger partial charge in [-0.15, -0.1) is 0 Å². The van der Waals surface area contributed by atoms with E-state index in [1.807, 2.05) is 27.7 Å². The van der Waals surface area contributed by atoms with Gasteiger partial charge in [-0.2, -0.15) is 0 Å².